The number of rotatable bonds is 17. The molecule has 0 unspecified atom stereocenters. The van der Waals surface area contributed by atoms with Gasteiger partial charge in [0.2, 0.25) is 0 Å². The van der Waals surface area contributed by atoms with Gasteiger partial charge in [-0.15, -0.1) is 22.7 Å². The Morgan fingerprint density at radius 2 is 1.25 bits per heavy atom. The fourth-order valence-corrected chi connectivity index (χ4v) is 9.53. The maximum absolute atomic E-state index is 13.9. The normalized spacial score (nSPS) is 19.1. The summed E-state index contributed by atoms with van der Waals surface area (Å²) in [6.07, 6.45) is 10.1. The first-order valence-corrected chi connectivity index (χ1v) is 22.0. The van der Waals surface area contributed by atoms with Crippen LogP contribution in [0.5, 0.6) is 23.0 Å². The molecule has 13 heteroatoms. The molecule has 11 nitrogen and oxygen atoms in total. The van der Waals surface area contributed by atoms with E-state index >= 15 is 0 Å². The minimum absolute atomic E-state index is 0.0213. The van der Waals surface area contributed by atoms with Gasteiger partial charge in [-0.1, -0.05) is 36.9 Å². The summed E-state index contributed by atoms with van der Waals surface area (Å²) in [7, 11) is 0. The number of fused-ring (bicyclic) bond motifs is 2. The molecule has 2 fully saturated rings. The van der Waals surface area contributed by atoms with Crippen LogP contribution in [0, 0.1) is 23.7 Å². The van der Waals surface area contributed by atoms with Gasteiger partial charge in [0.1, 0.15) is 33.0 Å². The van der Waals surface area contributed by atoms with Crippen molar-refractivity contribution in [3.8, 4) is 32.9 Å². The van der Waals surface area contributed by atoms with Crippen LogP contribution in [0.4, 0.5) is 0 Å². The maximum atomic E-state index is 13.9. The van der Waals surface area contributed by atoms with Gasteiger partial charge in [0.25, 0.3) is 0 Å². The van der Waals surface area contributed by atoms with Crippen molar-refractivity contribution in [3.05, 3.63) is 78.7 Å². The highest BCUT2D eigenvalue weighted by atomic mass is 32.1. The SMILES string of the molecule is C=CC(=O)OCCCCCCOc1ccc(OC(=O)C2CCC(C(=O)Oc3c4ccccc4c(OC(=O)C4CCC(C=O)CC4)c4sc(-c5cccs5)nc34)CC2)cc1. The molecule has 3 aromatic carbocycles. The number of nitrogens with zero attached hydrogens (tertiary/aromatic N) is 1. The Hall–Kier alpha value is -5.40. The summed E-state index contributed by atoms with van der Waals surface area (Å²) in [6.45, 7) is 4.31. The zero-order chi connectivity index (χ0) is 41.1. The molecule has 2 heterocycles. The standard InChI is InChI=1S/C46H47NO10S2/c1-2-38(49)54-26-8-4-3-7-25-53-33-21-23-34(24-22-33)55-44(50)31-17-19-32(20-18-31)45(51)56-40-35-10-5-6-11-36(35)41(57-46(52)30-15-13-29(28-48)14-16-30)42-39(40)47-43(59-42)37-12-9-27-58-37/h2,5-6,9-12,21-24,27-32H,1,3-4,7-8,13-20,25-26H2. The summed E-state index contributed by atoms with van der Waals surface area (Å²) in [6, 6.07) is 18.3. The first-order valence-electron chi connectivity index (χ1n) is 20.3. The van der Waals surface area contributed by atoms with Gasteiger partial charge in [0, 0.05) is 22.8 Å². The molecule has 59 heavy (non-hydrogen) atoms. The van der Waals surface area contributed by atoms with Gasteiger partial charge in [-0.3, -0.25) is 14.4 Å². The van der Waals surface area contributed by atoms with Crippen molar-refractivity contribution in [1.29, 1.82) is 0 Å². The van der Waals surface area contributed by atoms with Gasteiger partial charge in [-0.05, 0) is 113 Å². The molecular weight excluding hydrogens is 791 g/mol. The number of thiazole rings is 1. The van der Waals surface area contributed by atoms with Crippen LogP contribution in [0.1, 0.15) is 77.0 Å². The van der Waals surface area contributed by atoms with Crippen LogP contribution in [-0.4, -0.2) is 48.4 Å². The molecule has 308 valence electrons. The lowest BCUT2D eigenvalue weighted by Gasteiger charge is -2.26. The topological polar surface area (TPSA) is 144 Å². The molecule has 0 N–H and O–H groups in total. The minimum atomic E-state index is -0.423. The van der Waals surface area contributed by atoms with E-state index in [0.29, 0.717) is 109 Å². The molecule has 7 rings (SSSR count). The highest BCUT2D eigenvalue weighted by molar-refractivity contribution is 7.25. The van der Waals surface area contributed by atoms with Crippen LogP contribution in [0.15, 0.2) is 78.7 Å². The molecule has 2 aromatic heterocycles. The third kappa shape index (κ3) is 10.4. The van der Waals surface area contributed by atoms with E-state index in [1.165, 1.54) is 11.3 Å². The van der Waals surface area contributed by atoms with Gasteiger partial charge >= 0.3 is 23.9 Å². The summed E-state index contributed by atoms with van der Waals surface area (Å²) in [5.74, 6) is -0.737. The molecule has 2 saturated carbocycles. The zero-order valence-electron chi connectivity index (χ0n) is 32.8. The second-order valence-electron chi connectivity index (χ2n) is 15.0. The van der Waals surface area contributed by atoms with Crippen molar-refractivity contribution in [1.82, 2.24) is 4.98 Å². The molecule has 0 radical (unpaired) electrons. The number of hydrogen-bond acceptors (Lipinski definition) is 13. The lowest BCUT2D eigenvalue weighted by Crippen LogP contribution is -2.30. The smallest absolute Gasteiger partial charge is 0.330 e. The van der Waals surface area contributed by atoms with Gasteiger partial charge in [-0.2, -0.15) is 0 Å². The largest absolute Gasteiger partial charge is 0.494 e. The van der Waals surface area contributed by atoms with E-state index in [0.717, 1.165) is 47.9 Å². The second-order valence-corrected chi connectivity index (χ2v) is 17.0. The Morgan fingerprint density at radius 1 is 0.678 bits per heavy atom. The predicted octanol–water partition coefficient (Wildman–Crippen LogP) is 10.1. The third-order valence-electron chi connectivity index (χ3n) is 11.1. The number of aldehydes is 1. The van der Waals surface area contributed by atoms with E-state index in [9.17, 15) is 24.0 Å². The van der Waals surface area contributed by atoms with Gasteiger partial charge in [0.15, 0.2) is 11.5 Å². The van der Waals surface area contributed by atoms with E-state index < -0.39 is 17.9 Å². The van der Waals surface area contributed by atoms with Crippen molar-refractivity contribution in [2.75, 3.05) is 13.2 Å². The fraction of sp³-hybridized carbons (Fsp3) is 0.391. The van der Waals surface area contributed by atoms with Crippen LogP contribution >= 0.6 is 22.7 Å². The highest BCUT2D eigenvalue weighted by Crippen LogP contribution is 2.48. The number of benzene rings is 3. The fourth-order valence-electron chi connectivity index (χ4n) is 7.67. The summed E-state index contributed by atoms with van der Waals surface area (Å²) in [4.78, 5) is 69.0. The molecule has 0 spiro atoms. The Kier molecular flexibility index (Phi) is 14.2. The monoisotopic (exact) mass is 837 g/mol. The number of esters is 4. The van der Waals surface area contributed by atoms with E-state index in [4.69, 9.17) is 28.7 Å². The van der Waals surface area contributed by atoms with Crippen LogP contribution in [0.3, 0.4) is 0 Å². The maximum Gasteiger partial charge on any atom is 0.330 e. The first-order chi connectivity index (χ1) is 28.8. The lowest BCUT2D eigenvalue weighted by atomic mass is 9.82. The van der Waals surface area contributed by atoms with Crippen molar-refractivity contribution in [3.63, 3.8) is 0 Å². The first kappa shape index (κ1) is 41.7. The van der Waals surface area contributed by atoms with Crippen LogP contribution < -0.4 is 18.9 Å². The quantitative estimate of drug-likeness (QED) is 0.0290. The van der Waals surface area contributed by atoms with E-state index in [1.807, 2.05) is 41.8 Å². The summed E-state index contributed by atoms with van der Waals surface area (Å²) in [5, 5.41) is 3.94. The predicted molar refractivity (Wildman–Crippen MR) is 226 cm³/mol. The molecule has 2 aliphatic carbocycles. The third-order valence-corrected chi connectivity index (χ3v) is 13.1. The number of thiophene rings is 1. The average Bonchev–Trinajstić information content (AvgIpc) is 3.98. The second kappa shape index (κ2) is 20.0. The van der Waals surface area contributed by atoms with Gasteiger partial charge in [-0.25, -0.2) is 9.78 Å². The number of hydrogen-bond donors (Lipinski definition) is 0. The average molecular weight is 838 g/mol. The van der Waals surface area contributed by atoms with Crippen LogP contribution in [-0.2, 0) is 28.7 Å². The van der Waals surface area contributed by atoms with Crippen molar-refractivity contribution < 1.29 is 47.7 Å². The zero-order valence-corrected chi connectivity index (χ0v) is 34.4. The molecule has 0 bridgehead atoms. The van der Waals surface area contributed by atoms with E-state index in [-0.39, 0.29) is 29.7 Å². The lowest BCUT2D eigenvalue weighted by molar-refractivity contribution is -0.145. The summed E-state index contributed by atoms with van der Waals surface area (Å²) in [5.41, 5.74) is 0.451. The minimum Gasteiger partial charge on any atom is -0.494 e. The molecule has 0 saturated heterocycles. The molecule has 0 aliphatic heterocycles. The molecule has 0 amide bonds. The number of aromatic nitrogens is 1. The summed E-state index contributed by atoms with van der Waals surface area (Å²) < 4.78 is 29.6. The molecular formula is C46H47NO10S2. The number of carbonyl (C=O) groups is 5. The van der Waals surface area contributed by atoms with Crippen molar-refractivity contribution in [2.24, 2.45) is 23.7 Å². The number of ether oxygens (including phenoxy) is 5. The van der Waals surface area contributed by atoms with Crippen LogP contribution in [0.25, 0.3) is 30.9 Å². The number of carbonyl (C=O) groups excluding carboxylic acids is 5. The van der Waals surface area contributed by atoms with Crippen molar-refractivity contribution in [2.45, 2.75) is 77.0 Å². The molecule has 2 aliphatic rings. The van der Waals surface area contributed by atoms with Gasteiger partial charge in [0.05, 0.1) is 35.8 Å². The van der Waals surface area contributed by atoms with Crippen LogP contribution in [0.2, 0.25) is 0 Å². The van der Waals surface area contributed by atoms with Crippen molar-refractivity contribution >= 4 is 73.8 Å². The Bertz CT molecular complexity index is 2270. The van der Waals surface area contributed by atoms with E-state index in [2.05, 4.69) is 6.58 Å². The molecule has 0 atom stereocenters. The van der Waals surface area contributed by atoms with Gasteiger partial charge < -0.3 is 28.5 Å². The Labute approximate surface area is 350 Å². The van der Waals surface area contributed by atoms with E-state index in [1.54, 1.807) is 35.6 Å². The number of unbranched alkanes of at least 4 members (excludes halogenated alkanes) is 3. The highest BCUT2D eigenvalue weighted by Gasteiger charge is 2.34. The summed E-state index contributed by atoms with van der Waals surface area (Å²) >= 11 is 2.93. The Morgan fingerprint density at radius 3 is 1.86 bits per heavy atom. The molecule has 5 aromatic rings. The Balaban J connectivity index is 0.961.